The first-order valence-corrected chi connectivity index (χ1v) is 4.82. The summed E-state index contributed by atoms with van der Waals surface area (Å²) in [5.41, 5.74) is 0. The summed E-state index contributed by atoms with van der Waals surface area (Å²) in [5, 5.41) is 0. The molecule has 0 atom stereocenters. The lowest BCUT2D eigenvalue weighted by Crippen LogP contribution is -2.12. The third-order valence-corrected chi connectivity index (χ3v) is 2.26. The van der Waals surface area contributed by atoms with Crippen LogP contribution in [-0.2, 0) is 9.53 Å². The SMILES string of the molecule is CCOC(=O)C[C]1CCCCC1. The Morgan fingerprint density at radius 1 is 1.33 bits per heavy atom. The van der Waals surface area contributed by atoms with E-state index in [1.807, 2.05) is 6.92 Å². The van der Waals surface area contributed by atoms with Gasteiger partial charge in [0.15, 0.2) is 0 Å². The number of hydrogen-bond donors (Lipinski definition) is 0. The lowest BCUT2D eigenvalue weighted by Gasteiger charge is -2.19. The molecule has 1 aliphatic rings. The van der Waals surface area contributed by atoms with Crippen molar-refractivity contribution in [3.63, 3.8) is 0 Å². The average molecular weight is 169 g/mol. The third kappa shape index (κ3) is 3.24. The molecule has 0 bridgehead atoms. The standard InChI is InChI=1S/C10H17O2/c1-2-12-10(11)8-9-6-4-3-5-7-9/h2-8H2,1H3. The van der Waals surface area contributed by atoms with Gasteiger partial charge in [-0.05, 0) is 25.7 Å². The minimum absolute atomic E-state index is 0.0469. The molecule has 0 amide bonds. The second kappa shape index (κ2) is 5.18. The van der Waals surface area contributed by atoms with Crippen LogP contribution in [0.25, 0.3) is 0 Å². The molecule has 2 heteroatoms. The van der Waals surface area contributed by atoms with Crippen molar-refractivity contribution in [2.75, 3.05) is 6.61 Å². The van der Waals surface area contributed by atoms with E-state index < -0.39 is 0 Å². The summed E-state index contributed by atoms with van der Waals surface area (Å²) in [6.07, 6.45) is 6.68. The van der Waals surface area contributed by atoms with E-state index in [9.17, 15) is 4.79 Å². The highest BCUT2D eigenvalue weighted by Crippen LogP contribution is 2.28. The van der Waals surface area contributed by atoms with Gasteiger partial charge in [0.1, 0.15) is 0 Å². The molecular weight excluding hydrogens is 152 g/mol. The number of rotatable bonds is 3. The van der Waals surface area contributed by atoms with Crippen LogP contribution >= 0.6 is 0 Å². The van der Waals surface area contributed by atoms with Gasteiger partial charge in [-0.15, -0.1) is 0 Å². The second-order valence-corrected chi connectivity index (χ2v) is 3.29. The molecule has 0 aromatic heterocycles. The highest BCUT2D eigenvalue weighted by molar-refractivity contribution is 5.71. The summed E-state index contributed by atoms with van der Waals surface area (Å²) in [7, 11) is 0. The molecule has 1 saturated carbocycles. The van der Waals surface area contributed by atoms with Crippen LogP contribution in [0.3, 0.4) is 0 Å². The van der Waals surface area contributed by atoms with Crippen molar-refractivity contribution < 1.29 is 9.53 Å². The Bertz CT molecular complexity index is 137. The van der Waals surface area contributed by atoms with Crippen LogP contribution in [-0.4, -0.2) is 12.6 Å². The number of carbonyl (C=O) groups excluding carboxylic acids is 1. The van der Waals surface area contributed by atoms with Gasteiger partial charge in [-0.25, -0.2) is 0 Å². The van der Waals surface area contributed by atoms with Crippen LogP contribution in [0.2, 0.25) is 0 Å². The van der Waals surface area contributed by atoms with E-state index in [4.69, 9.17) is 4.74 Å². The Morgan fingerprint density at radius 2 is 2.00 bits per heavy atom. The third-order valence-electron chi connectivity index (χ3n) is 2.26. The molecule has 12 heavy (non-hydrogen) atoms. The maximum Gasteiger partial charge on any atom is 0.306 e. The Labute approximate surface area is 74.3 Å². The zero-order valence-electron chi connectivity index (χ0n) is 7.77. The van der Waals surface area contributed by atoms with Crippen LogP contribution in [0.1, 0.15) is 45.4 Å². The van der Waals surface area contributed by atoms with Gasteiger partial charge in [-0.2, -0.15) is 0 Å². The first-order valence-electron chi connectivity index (χ1n) is 4.82. The van der Waals surface area contributed by atoms with Gasteiger partial charge in [0.2, 0.25) is 0 Å². The summed E-state index contributed by atoms with van der Waals surface area (Å²) in [6.45, 7) is 2.36. The van der Waals surface area contributed by atoms with E-state index in [0.29, 0.717) is 13.0 Å². The van der Waals surface area contributed by atoms with Crippen molar-refractivity contribution in [1.29, 1.82) is 0 Å². The fraction of sp³-hybridized carbons (Fsp3) is 0.800. The Hall–Kier alpha value is -0.530. The Morgan fingerprint density at radius 3 is 2.58 bits per heavy atom. The van der Waals surface area contributed by atoms with E-state index in [1.165, 1.54) is 25.2 Å². The predicted octanol–water partition coefficient (Wildman–Crippen LogP) is 2.48. The molecule has 1 aliphatic carbocycles. The zero-order valence-corrected chi connectivity index (χ0v) is 7.77. The van der Waals surface area contributed by atoms with E-state index in [0.717, 1.165) is 12.8 Å². The quantitative estimate of drug-likeness (QED) is 0.607. The Balaban J connectivity index is 2.15. The van der Waals surface area contributed by atoms with E-state index in [-0.39, 0.29) is 5.97 Å². The van der Waals surface area contributed by atoms with Gasteiger partial charge in [0.25, 0.3) is 0 Å². The van der Waals surface area contributed by atoms with Gasteiger partial charge in [0.05, 0.1) is 13.0 Å². The molecule has 0 aromatic carbocycles. The van der Waals surface area contributed by atoms with Crippen LogP contribution < -0.4 is 0 Å². The van der Waals surface area contributed by atoms with Crippen LogP contribution in [0.5, 0.6) is 0 Å². The zero-order chi connectivity index (χ0) is 8.81. The molecule has 0 heterocycles. The Kier molecular flexibility index (Phi) is 4.12. The second-order valence-electron chi connectivity index (χ2n) is 3.29. The molecule has 0 unspecified atom stereocenters. The molecule has 2 nitrogen and oxygen atoms in total. The first-order chi connectivity index (χ1) is 5.83. The molecule has 1 fully saturated rings. The van der Waals surface area contributed by atoms with Crippen LogP contribution in [0.15, 0.2) is 0 Å². The maximum absolute atomic E-state index is 11.1. The monoisotopic (exact) mass is 169 g/mol. The number of ether oxygens (including phenoxy) is 1. The summed E-state index contributed by atoms with van der Waals surface area (Å²) in [5.74, 6) is 1.34. The van der Waals surface area contributed by atoms with E-state index >= 15 is 0 Å². The molecule has 0 aromatic rings. The minimum Gasteiger partial charge on any atom is -0.466 e. The van der Waals surface area contributed by atoms with Crippen molar-refractivity contribution >= 4 is 5.97 Å². The molecular formula is C10H17O2. The van der Waals surface area contributed by atoms with Crippen molar-refractivity contribution in [2.45, 2.75) is 45.4 Å². The lowest BCUT2D eigenvalue weighted by atomic mass is 9.87. The topological polar surface area (TPSA) is 26.3 Å². The molecule has 1 radical (unpaired) electrons. The highest BCUT2D eigenvalue weighted by Gasteiger charge is 2.17. The van der Waals surface area contributed by atoms with Crippen LogP contribution in [0, 0.1) is 5.92 Å². The molecule has 0 aliphatic heterocycles. The van der Waals surface area contributed by atoms with E-state index in [1.54, 1.807) is 0 Å². The summed E-state index contributed by atoms with van der Waals surface area (Å²) >= 11 is 0. The fourth-order valence-corrected chi connectivity index (χ4v) is 1.64. The minimum atomic E-state index is -0.0469. The molecule has 0 saturated heterocycles. The van der Waals surface area contributed by atoms with Crippen molar-refractivity contribution in [1.82, 2.24) is 0 Å². The van der Waals surface area contributed by atoms with Gasteiger partial charge >= 0.3 is 5.97 Å². The number of esters is 1. The largest absolute Gasteiger partial charge is 0.466 e. The van der Waals surface area contributed by atoms with Gasteiger partial charge < -0.3 is 4.74 Å². The smallest absolute Gasteiger partial charge is 0.306 e. The summed E-state index contributed by atoms with van der Waals surface area (Å²) in [6, 6.07) is 0. The van der Waals surface area contributed by atoms with Crippen molar-refractivity contribution in [3.8, 4) is 0 Å². The number of carbonyl (C=O) groups is 1. The molecule has 0 spiro atoms. The summed E-state index contributed by atoms with van der Waals surface area (Å²) in [4.78, 5) is 11.1. The normalized spacial score (nSPS) is 19.1. The average Bonchev–Trinajstić information content (AvgIpc) is 2.06. The van der Waals surface area contributed by atoms with Gasteiger partial charge in [-0.1, -0.05) is 19.3 Å². The molecule has 1 rings (SSSR count). The van der Waals surface area contributed by atoms with Crippen molar-refractivity contribution in [2.24, 2.45) is 0 Å². The van der Waals surface area contributed by atoms with Crippen LogP contribution in [0.4, 0.5) is 0 Å². The van der Waals surface area contributed by atoms with Crippen molar-refractivity contribution in [3.05, 3.63) is 5.92 Å². The highest BCUT2D eigenvalue weighted by atomic mass is 16.5. The van der Waals surface area contributed by atoms with E-state index in [2.05, 4.69) is 0 Å². The molecule has 69 valence electrons. The first kappa shape index (κ1) is 9.56. The lowest BCUT2D eigenvalue weighted by molar-refractivity contribution is -0.142. The molecule has 0 N–H and O–H groups in total. The predicted molar refractivity (Wildman–Crippen MR) is 47.6 cm³/mol. The number of hydrogen-bond acceptors (Lipinski definition) is 2. The maximum atomic E-state index is 11.1. The fourth-order valence-electron chi connectivity index (χ4n) is 1.64. The summed E-state index contributed by atoms with van der Waals surface area (Å²) < 4.78 is 4.88. The van der Waals surface area contributed by atoms with Gasteiger partial charge in [0, 0.05) is 0 Å². The van der Waals surface area contributed by atoms with Gasteiger partial charge in [-0.3, -0.25) is 4.79 Å².